The Bertz CT molecular complexity index is 855. The second-order valence-corrected chi connectivity index (χ2v) is 8.10. The van der Waals surface area contributed by atoms with Crippen molar-refractivity contribution < 1.29 is 9.59 Å². The number of hydrogen-bond donors (Lipinski definition) is 1. The Morgan fingerprint density at radius 1 is 0.966 bits per heavy atom. The third kappa shape index (κ3) is 4.61. The number of carbonyl (C=O) groups is 2. The molecule has 1 aliphatic rings. The van der Waals surface area contributed by atoms with E-state index in [-0.39, 0.29) is 17.7 Å². The molecule has 5 nitrogen and oxygen atoms in total. The normalized spacial score (nSPS) is 16.2. The summed E-state index contributed by atoms with van der Waals surface area (Å²) in [6.07, 6.45) is 3.67. The van der Waals surface area contributed by atoms with Gasteiger partial charge in [-0.1, -0.05) is 37.3 Å². The second kappa shape index (κ2) is 9.12. The molecule has 1 aliphatic heterocycles. The van der Waals surface area contributed by atoms with Gasteiger partial charge < -0.3 is 15.5 Å². The van der Waals surface area contributed by atoms with Crippen LogP contribution in [0, 0.1) is 0 Å². The van der Waals surface area contributed by atoms with Crippen molar-refractivity contribution in [2.45, 2.75) is 38.0 Å². The molecule has 0 saturated carbocycles. The molecule has 5 heteroatoms. The lowest BCUT2D eigenvalue weighted by molar-refractivity contribution is -0.119. The molecule has 0 spiro atoms. The van der Waals surface area contributed by atoms with Gasteiger partial charge in [-0.2, -0.15) is 0 Å². The fraction of sp³-hybridized carbons (Fsp3) is 0.417. The first-order chi connectivity index (χ1) is 13.9. The molecule has 0 bridgehead atoms. The Balaban J connectivity index is 1.92. The maximum absolute atomic E-state index is 12.5. The lowest BCUT2D eigenvalue weighted by Gasteiger charge is -2.33. The highest BCUT2D eigenvalue weighted by atomic mass is 16.2. The molecule has 2 N–H and O–H groups in total. The zero-order valence-corrected chi connectivity index (χ0v) is 17.6. The summed E-state index contributed by atoms with van der Waals surface area (Å²) in [6.45, 7) is 4.16. The summed E-state index contributed by atoms with van der Waals surface area (Å²) in [5, 5.41) is 0. The van der Waals surface area contributed by atoms with Crippen LogP contribution in [0.5, 0.6) is 0 Å². The van der Waals surface area contributed by atoms with Crippen LogP contribution in [0.2, 0.25) is 0 Å². The highest BCUT2D eigenvalue weighted by Crippen LogP contribution is 2.38. The van der Waals surface area contributed by atoms with Crippen molar-refractivity contribution in [3.05, 3.63) is 65.2 Å². The zero-order chi connectivity index (χ0) is 21.0. The number of nitrogens with two attached hydrogens (primary N) is 1. The fourth-order valence-electron chi connectivity index (χ4n) is 4.27. The minimum absolute atomic E-state index is 0.0596. The van der Waals surface area contributed by atoms with Gasteiger partial charge in [-0.3, -0.25) is 9.59 Å². The smallest absolute Gasteiger partial charge is 0.253 e. The minimum Gasteiger partial charge on any atom is -0.371 e. The number of para-hydroxylation sites is 1. The molecule has 2 aromatic rings. The van der Waals surface area contributed by atoms with Crippen molar-refractivity contribution in [3.63, 3.8) is 0 Å². The Morgan fingerprint density at radius 3 is 2.17 bits per heavy atom. The largest absolute Gasteiger partial charge is 0.371 e. The Kier molecular flexibility index (Phi) is 6.57. The molecular formula is C24H31N3O2. The van der Waals surface area contributed by atoms with Crippen molar-refractivity contribution in [3.8, 4) is 0 Å². The minimum atomic E-state index is -0.454. The maximum atomic E-state index is 12.5. The number of nitrogens with zero attached hydrogens (tertiary/aromatic N) is 2. The van der Waals surface area contributed by atoms with E-state index in [0.717, 1.165) is 24.2 Å². The molecule has 0 radical (unpaired) electrons. The molecule has 0 aromatic heterocycles. The first-order valence-electron chi connectivity index (χ1n) is 10.3. The Labute approximate surface area is 173 Å². The molecule has 29 heavy (non-hydrogen) atoms. The number of anilines is 1. The molecule has 2 amide bonds. The molecule has 154 valence electrons. The van der Waals surface area contributed by atoms with Gasteiger partial charge in [0, 0.05) is 38.4 Å². The van der Waals surface area contributed by atoms with E-state index < -0.39 is 5.92 Å². The number of piperidine rings is 1. The standard InChI is InChI=1S/C24H31N3O2/c1-17(20-9-5-6-10-21(20)27-15-7-4-8-16-27)22(23(25)28)18-11-13-19(14-12-18)24(29)26(2)3/h5-6,9-14,17,22H,4,7-8,15-16H2,1-3H3,(H2,25,28). The van der Waals surface area contributed by atoms with Crippen LogP contribution in [0.15, 0.2) is 48.5 Å². The van der Waals surface area contributed by atoms with Crippen LogP contribution in [-0.4, -0.2) is 43.9 Å². The van der Waals surface area contributed by atoms with Crippen LogP contribution in [0.3, 0.4) is 0 Å². The number of amides is 2. The van der Waals surface area contributed by atoms with E-state index in [9.17, 15) is 9.59 Å². The van der Waals surface area contributed by atoms with Gasteiger partial charge in [-0.25, -0.2) is 0 Å². The van der Waals surface area contributed by atoms with E-state index in [1.807, 2.05) is 18.2 Å². The quantitative estimate of drug-likeness (QED) is 0.813. The van der Waals surface area contributed by atoms with Crippen molar-refractivity contribution in [1.82, 2.24) is 4.90 Å². The predicted octanol–water partition coefficient (Wildman–Crippen LogP) is 3.75. The molecule has 2 unspecified atom stereocenters. The highest BCUT2D eigenvalue weighted by Gasteiger charge is 2.29. The van der Waals surface area contributed by atoms with Gasteiger partial charge in [-0.05, 0) is 54.5 Å². The van der Waals surface area contributed by atoms with Gasteiger partial charge in [0.15, 0.2) is 0 Å². The van der Waals surface area contributed by atoms with Crippen LogP contribution in [0.4, 0.5) is 5.69 Å². The number of hydrogen-bond acceptors (Lipinski definition) is 3. The highest BCUT2D eigenvalue weighted by molar-refractivity contribution is 5.94. The SMILES string of the molecule is CC(c1ccccc1N1CCCCC1)C(C(N)=O)c1ccc(C(=O)N(C)C)cc1. The molecule has 2 atom stereocenters. The number of carbonyl (C=O) groups excluding carboxylic acids is 2. The first kappa shape index (κ1) is 20.9. The summed E-state index contributed by atoms with van der Waals surface area (Å²) in [5.74, 6) is -0.932. The summed E-state index contributed by atoms with van der Waals surface area (Å²) < 4.78 is 0. The van der Waals surface area contributed by atoms with Crippen LogP contribution < -0.4 is 10.6 Å². The lowest BCUT2D eigenvalue weighted by Crippen LogP contribution is -2.32. The van der Waals surface area contributed by atoms with Crippen LogP contribution in [0.1, 0.15) is 59.5 Å². The summed E-state index contributed by atoms with van der Waals surface area (Å²) in [5.41, 5.74) is 9.64. The average Bonchev–Trinajstić information content (AvgIpc) is 2.74. The van der Waals surface area contributed by atoms with Crippen molar-refractivity contribution in [2.24, 2.45) is 5.73 Å². The maximum Gasteiger partial charge on any atom is 0.253 e. The Morgan fingerprint density at radius 2 is 1.59 bits per heavy atom. The molecule has 1 saturated heterocycles. The molecule has 1 heterocycles. The summed E-state index contributed by atoms with van der Waals surface area (Å²) in [7, 11) is 3.45. The van der Waals surface area contributed by atoms with Crippen LogP contribution >= 0.6 is 0 Å². The molecule has 0 aliphatic carbocycles. The van der Waals surface area contributed by atoms with Gasteiger partial charge in [0.25, 0.3) is 5.91 Å². The van der Waals surface area contributed by atoms with Crippen molar-refractivity contribution >= 4 is 17.5 Å². The topological polar surface area (TPSA) is 66.6 Å². The monoisotopic (exact) mass is 393 g/mol. The third-order valence-corrected chi connectivity index (χ3v) is 5.85. The Hall–Kier alpha value is -2.82. The van der Waals surface area contributed by atoms with E-state index in [2.05, 4.69) is 30.0 Å². The van der Waals surface area contributed by atoms with Gasteiger partial charge in [0.1, 0.15) is 0 Å². The van der Waals surface area contributed by atoms with Crippen LogP contribution in [-0.2, 0) is 4.79 Å². The lowest BCUT2D eigenvalue weighted by atomic mass is 9.81. The fourth-order valence-corrected chi connectivity index (χ4v) is 4.27. The van der Waals surface area contributed by atoms with E-state index in [1.165, 1.54) is 29.8 Å². The van der Waals surface area contributed by atoms with Gasteiger partial charge in [0.2, 0.25) is 5.91 Å². The summed E-state index contributed by atoms with van der Waals surface area (Å²) in [6, 6.07) is 15.6. The molecule has 1 fully saturated rings. The van der Waals surface area contributed by atoms with E-state index in [1.54, 1.807) is 26.2 Å². The van der Waals surface area contributed by atoms with Crippen LogP contribution in [0.25, 0.3) is 0 Å². The van der Waals surface area contributed by atoms with Crippen molar-refractivity contribution in [1.29, 1.82) is 0 Å². The number of benzene rings is 2. The third-order valence-electron chi connectivity index (χ3n) is 5.85. The van der Waals surface area contributed by atoms with Gasteiger partial charge in [0.05, 0.1) is 5.92 Å². The van der Waals surface area contributed by atoms with E-state index in [4.69, 9.17) is 5.73 Å². The van der Waals surface area contributed by atoms with Gasteiger partial charge >= 0.3 is 0 Å². The van der Waals surface area contributed by atoms with E-state index >= 15 is 0 Å². The van der Waals surface area contributed by atoms with Crippen molar-refractivity contribution in [2.75, 3.05) is 32.1 Å². The van der Waals surface area contributed by atoms with E-state index in [0.29, 0.717) is 5.56 Å². The predicted molar refractivity (Wildman–Crippen MR) is 117 cm³/mol. The molecule has 3 rings (SSSR count). The molecule has 2 aromatic carbocycles. The van der Waals surface area contributed by atoms with Gasteiger partial charge in [-0.15, -0.1) is 0 Å². The molecular weight excluding hydrogens is 362 g/mol. The zero-order valence-electron chi connectivity index (χ0n) is 17.6. The average molecular weight is 394 g/mol. The number of primary amides is 1. The summed E-state index contributed by atoms with van der Waals surface area (Å²) in [4.78, 5) is 28.6. The number of rotatable bonds is 6. The second-order valence-electron chi connectivity index (χ2n) is 8.10. The first-order valence-corrected chi connectivity index (χ1v) is 10.3. The summed E-state index contributed by atoms with van der Waals surface area (Å²) >= 11 is 0.